The van der Waals surface area contributed by atoms with Gasteiger partial charge in [-0.05, 0) is 48.9 Å². The van der Waals surface area contributed by atoms with Crippen molar-refractivity contribution in [3.8, 4) is 0 Å². The molecule has 0 radical (unpaired) electrons. The number of piperidine rings is 1. The van der Waals surface area contributed by atoms with Crippen LogP contribution in [-0.2, 0) is 6.54 Å². The summed E-state index contributed by atoms with van der Waals surface area (Å²) in [6.07, 6.45) is 3.65. The van der Waals surface area contributed by atoms with E-state index in [0.717, 1.165) is 35.2 Å². The van der Waals surface area contributed by atoms with Crippen molar-refractivity contribution in [2.24, 2.45) is 0 Å². The van der Waals surface area contributed by atoms with Crippen LogP contribution < -0.4 is 9.80 Å². The minimum absolute atomic E-state index is 0.0764. The van der Waals surface area contributed by atoms with Gasteiger partial charge in [0.2, 0.25) is 0 Å². The predicted molar refractivity (Wildman–Crippen MR) is 126 cm³/mol. The number of hydrogen-bond acceptors (Lipinski definition) is 4. The first-order valence-electron chi connectivity index (χ1n) is 10.9. The summed E-state index contributed by atoms with van der Waals surface area (Å²) in [4.78, 5) is 22.3. The van der Waals surface area contributed by atoms with Gasteiger partial charge in [0, 0.05) is 24.2 Å². The second-order valence-electron chi connectivity index (χ2n) is 8.25. The van der Waals surface area contributed by atoms with Crippen LogP contribution in [0, 0.1) is 5.82 Å². The topological polar surface area (TPSA) is 36.4 Å². The average Bonchev–Trinajstić information content (AvgIpc) is 3.27. The van der Waals surface area contributed by atoms with Crippen LogP contribution in [0.1, 0.15) is 60.6 Å². The number of benzene rings is 2. The third-order valence-corrected chi connectivity index (χ3v) is 6.64. The van der Waals surface area contributed by atoms with Crippen LogP contribution in [0.5, 0.6) is 0 Å². The minimum atomic E-state index is -0.508. The lowest BCUT2D eigenvalue weighted by Crippen LogP contribution is -2.32. The Morgan fingerprint density at radius 1 is 1.10 bits per heavy atom. The molecule has 0 atom stereocenters. The number of rotatable bonds is 6. The lowest BCUT2D eigenvalue weighted by molar-refractivity contribution is 0.0980. The van der Waals surface area contributed by atoms with E-state index in [1.807, 2.05) is 29.6 Å². The highest BCUT2D eigenvalue weighted by atomic mass is 32.1. The highest BCUT2D eigenvalue weighted by molar-refractivity contribution is 7.13. The summed E-state index contributed by atoms with van der Waals surface area (Å²) >= 11 is 1.62. The molecule has 0 unspecified atom stereocenters. The summed E-state index contributed by atoms with van der Waals surface area (Å²) in [6, 6.07) is 14.0. The minimum Gasteiger partial charge on any atom is -0.348 e. The Morgan fingerprint density at radius 2 is 1.81 bits per heavy atom. The smallest absolute Gasteiger partial charge is 0.261 e. The van der Waals surface area contributed by atoms with Crippen LogP contribution in [0.2, 0.25) is 0 Å². The van der Waals surface area contributed by atoms with Gasteiger partial charge in [-0.25, -0.2) is 9.37 Å². The number of halogens is 1. The summed E-state index contributed by atoms with van der Waals surface area (Å²) in [5.41, 5.74) is 2.76. The molecule has 1 fully saturated rings. The van der Waals surface area contributed by atoms with E-state index in [4.69, 9.17) is 4.98 Å². The van der Waals surface area contributed by atoms with E-state index in [2.05, 4.69) is 18.7 Å². The van der Waals surface area contributed by atoms with E-state index in [0.29, 0.717) is 6.54 Å². The molecule has 0 N–H and O–H groups in total. The standard InChI is InChI=1S/C25H28FN3OS/c1-18(2)20-10-5-7-13-23(20)29(24(30)21-11-4-6-12-22(21)26)16-19-17-31-25(27-19)28-14-8-3-9-15-28/h4-7,10-13,17-18H,3,8-9,14-16H2,1-2H3. The first-order valence-corrected chi connectivity index (χ1v) is 11.8. The van der Waals surface area contributed by atoms with Crippen molar-refractivity contribution in [1.29, 1.82) is 0 Å². The molecule has 6 heteroatoms. The Balaban J connectivity index is 1.69. The molecule has 1 amide bonds. The van der Waals surface area contributed by atoms with E-state index in [1.54, 1.807) is 34.4 Å². The molecule has 0 aliphatic carbocycles. The molecule has 1 aliphatic heterocycles. The van der Waals surface area contributed by atoms with Gasteiger partial charge in [0.05, 0.1) is 17.8 Å². The van der Waals surface area contributed by atoms with Gasteiger partial charge in [-0.2, -0.15) is 0 Å². The Morgan fingerprint density at radius 3 is 2.55 bits per heavy atom. The fourth-order valence-corrected chi connectivity index (χ4v) is 4.90. The molecule has 1 saturated heterocycles. The quantitative estimate of drug-likeness (QED) is 0.458. The highest BCUT2D eigenvalue weighted by Gasteiger charge is 2.25. The van der Waals surface area contributed by atoms with Gasteiger partial charge in [-0.15, -0.1) is 11.3 Å². The molecule has 3 aromatic rings. The normalized spacial score (nSPS) is 14.1. The lowest BCUT2D eigenvalue weighted by Gasteiger charge is -2.27. The molecule has 4 rings (SSSR count). The second-order valence-corrected chi connectivity index (χ2v) is 9.09. The number of para-hydroxylation sites is 1. The van der Waals surface area contributed by atoms with Crippen LogP contribution in [-0.4, -0.2) is 24.0 Å². The van der Waals surface area contributed by atoms with Gasteiger partial charge < -0.3 is 9.80 Å². The summed E-state index contributed by atoms with van der Waals surface area (Å²) in [6.45, 7) is 6.56. The zero-order valence-corrected chi connectivity index (χ0v) is 18.9. The Kier molecular flexibility index (Phi) is 6.66. The zero-order chi connectivity index (χ0) is 21.8. The van der Waals surface area contributed by atoms with E-state index in [9.17, 15) is 9.18 Å². The maximum absolute atomic E-state index is 14.5. The maximum atomic E-state index is 14.5. The molecule has 4 nitrogen and oxygen atoms in total. The van der Waals surface area contributed by atoms with Crippen LogP contribution in [0.3, 0.4) is 0 Å². The Hall–Kier alpha value is -2.73. The van der Waals surface area contributed by atoms with E-state index < -0.39 is 5.82 Å². The number of carbonyl (C=O) groups excluding carboxylic acids is 1. The molecular weight excluding hydrogens is 409 g/mol. The van der Waals surface area contributed by atoms with Crippen molar-refractivity contribution >= 4 is 28.1 Å². The second kappa shape index (κ2) is 9.60. The van der Waals surface area contributed by atoms with Gasteiger partial charge in [0.1, 0.15) is 5.82 Å². The molecule has 2 heterocycles. The van der Waals surface area contributed by atoms with Crippen molar-refractivity contribution in [2.45, 2.75) is 45.6 Å². The number of hydrogen-bond donors (Lipinski definition) is 0. The summed E-state index contributed by atoms with van der Waals surface area (Å²) in [7, 11) is 0. The van der Waals surface area contributed by atoms with Crippen molar-refractivity contribution in [3.05, 3.63) is 76.5 Å². The molecule has 1 aliphatic rings. The molecule has 0 bridgehead atoms. The summed E-state index contributed by atoms with van der Waals surface area (Å²) < 4.78 is 14.5. The SMILES string of the molecule is CC(C)c1ccccc1N(Cc1csc(N2CCCCC2)n1)C(=O)c1ccccc1F. The van der Waals surface area contributed by atoms with E-state index in [1.165, 1.54) is 25.3 Å². The average molecular weight is 438 g/mol. The summed E-state index contributed by atoms with van der Waals surface area (Å²) in [5.74, 6) is -0.628. The van der Waals surface area contributed by atoms with Crippen LogP contribution in [0.15, 0.2) is 53.9 Å². The highest BCUT2D eigenvalue weighted by Crippen LogP contribution is 2.31. The van der Waals surface area contributed by atoms with Crippen molar-refractivity contribution in [2.75, 3.05) is 22.9 Å². The van der Waals surface area contributed by atoms with Crippen LogP contribution >= 0.6 is 11.3 Å². The molecule has 0 spiro atoms. The lowest BCUT2D eigenvalue weighted by atomic mass is 9.99. The number of nitrogens with zero attached hydrogens (tertiary/aromatic N) is 3. The number of amides is 1. The number of thiazole rings is 1. The molecule has 0 saturated carbocycles. The first kappa shape index (κ1) is 21.5. The third-order valence-electron chi connectivity index (χ3n) is 5.69. The summed E-state index contributed by atoms with van der Waals surface area (Å²) in [5, 5.41) is 3.02. The number of anilines is 2. The zero-order valence-electron chi connectivity index (χ0n) is 18.1. The molecule has 31 heavy (non-hydrogen) atoms. The van der Waals surface area contributed by atoms with Crippen LogP contribution in [0.4, 0.5) is 15.2 Å². The molecule has 1 aromatic heterocycles. The van der Waals surface area contributed by atoms with E-state index in [-0.39, 0.29) is 17.4 Å². The van der Waals surface area contributed by atoms with Gasteiger partial charge in [-0.1, -0.05) is 44.2 Å². The van der Waals surface area contributed by atoms with Crippen molar-refractivity contribution in [3.63, 3.8) is 0 Å². The number of carbonyl (C=O) groups is 1. The van der Waals surface area contributed by atoms with Crippen molar-refractivity contribution < 1.29 is 9.18 Å². The fraction of sp³-hybridized carbons (Fsp3) is 0.360. The number of aromatic nitrogens is 1. The van der Waals surface area contributed by atoms with Crippen LogP contribution in [0.25, 0.3) is 0 Å². The first-order chi connectivity index (χ1) is 15.0. The van der Waals surface area contributed by atoms with Gasteiger partial charge in [-0.3, -0.25) is 4.79 Å². The Bertz CT molecular complexity index is 1040. The molecular formula is C25H28FN3OS. The van der Waals surface area contributed by atoms with Gasteiger partial charge in [0.25, 0.3) is 5.91 Å². The fourth-order valence-electron chi connectivity index (χ4n) is 4.03. The molecule has 162 valence electrons. The Labute approximate surface area is 187 Å². The maximum Gasteiger partial charge on any atom is 0.261 e. The van der Waals surface area contributed by atoms with Gasteiger partial charge >= 0.3 is 0 Å². The molecule has 2 aromatic carbocycles. The van der Waals surface area contributed by atoms with Crippen molar-refractivity contribution in [1.82, 2.24) is 4.98 Å². The monoisotopic (exact) mass is 437 g/mol. The third kappa shape index (κ3) is 4.79. The predicted octanol–water partition coefficient (Wildman–Crippen LogP) is 6.24. The largest absolute Gasteiger partial charge is 0.348 e. The van der Waals surface area contributed by atoms with E-state index >= 15 is 0 Å². The van der Waals surface area contributed by atoms with Gasteiger partial charge in [0.15, 0.2) is 5.13 Å².